The maximum atomic E-state index is 6.10. The maximum absolute atomic E-state index is 6.10. The van der Waals surface area contributed by atoms with E-state index in [9.17, 15) is 0 Å². The summed E-state index contributed by atoms with van der Waals surface area (Å²) in [5.41, 5.74) is 11.3. The summed E-state index contributed by atoms with van der Waals surface area (Å²) in [7, 11) is 0. The Morgan fingerprint density at radius 2 is 2.05 bits per heavy atom. The normalized spacial score (nSPS) is 10.5. The van der Waals surface area contributed by atoms with Crippen LogP contribution >= 0.6 is 22.9 Å². The molecule has 0 spiro atoms. The zero-order valence-electron chi connectivity index (χ0n) is 11.1. The average molecular weight is 317 g/mol. The Kier molecular flexibility index (Phi) is 4.08. The minimum atomic E-state index is 0.389. The third kappa shape index (κ3) is 3.17. The van der Waals surface area contributed by atoms with Gasteiger partial charge in [-0.1, -0.05) is 29.8 Å². The molecule has 0 aliphatic rings. The molecule has 0 saturated carbocycles. The van der Waals surface area contributed by atoms with Gasteiger partial charge in [-0.2, -0.15) is 0 Å². The fourth-order valence-electron chi connectivity index (χ4n) is 1.97. The molecule has 106 valence electrons. The number of ether oxygens (including phenoxy) is 1. The highest BCUT2D eigenvalue weighted by Gasteiger charge is 2.06. The number of hydrogen-bond acceptors (Lipinski definition) is 4. The van der Waals surface area contributed by atoms with Crippen molar-refractivity contribution < 1.29 is 4.74 Å². The number of benzene rings is 2. The molecule has 0 bridgehead atoms. The van der Waals surface area contributed by atoms with E-state index in [0.29, 0.717) is 23.1 Å². The standard InChI is InChI=1S/C16H13ClN2OS/c17-13-4-2-1-3-12(13)8-20-16-6-5-11(7-14(16)18)15-9-21-10-19-15/h1-7,9-10H,8,18H2. The molecule has 0 saturated heterocycles. The summed E-state index contributed by atoms with van der Waals surface area (Å²) in [6.07, 6.45) is 0. The molecule has 0 radical (unpaired) electrons. The number of rotatable bonds is 4. The molecule has 1 heterocycles. The lowest BCUT2D eigenvalue weighted by molar-refractivity contribution is 0.308. The predicted molar refractivity (Wildman–Crippen MR) is 87.7 cm³/mol. The van der Waals surface area contributed by atoms with Crippen LogP contribution in [0, 0.1) is 0 Å². The molecule has 3 aromatic rings. The quantitative estimate of drug-likeness (QED) is 0.714. The van der Waals surface area contributed by atoms with Gasteiger partial charge >= 0.3 is 0 Å². The first-order valence-corrected chi connectivity index (χ1v) is 7.70. The van der Waals surface area contributed by atoms with Gasteiger partial charge in [-0.05, 0) is 24.3 Å². The van der Waals surface area contributed by atoms with Gasteiger partial charge in [0, 0.05) is 21.5 Å². The van der Waals surface area contributed by atoms with Crippen molar-refractivity contribution in [2.75, 3.05) is 5.73 Å². The highest BCUT2D eigenvalue weighted by atomic mass is 35.5. The van der Waals surface area contributed by atoms with E-state index in [0.717, 1.165) is 16.8 Å². The Bertz CT molecular complexity index is 744. The van der Waals surface area contributed by atoms with Crippen molar-refractivity contribution in [1.29, 1.82) is 0 Å². The molecule has 0 atom stereocenters. The average Bonchev–Trinajstić information content (AvgIpc) is 3.02. The first kappa shape index (κ1) is 13.9. The second-order valence-electron chi connectivity index (χ2n) is 4.51. The van der Waals surface area contributed by atoms with Crippen LogP contribution in [0.5, 0.6) is 5.75 Å². The van der Waals surface area contributed by atoms with Gasteiger partial charge in [0.1, 0.15) is 12.4 Å². The van der Waals surface area contributed by atoms with Crippen molar-refractivity contribution in [2.24, 2.45) is 0 Å². The van der Waals surface area contributed by atoms with E-state index in [1.165, 1.54) is 0 Å². The van der Waals surface area contributed by atoms with Gasteiger partial charge in [0.2, 0.25) is 0 Å². The predicted octanol–water partition coefficient (Wildman–Crippen LogP) is 4.62. The number of nitrogens with two attached hydrogens (primary N) is 1. The monoisotopic (exact) mass is 316 g/mol. The summed E-state index contributed by atoms with van der Waals surface area (Å²) in [6, 6.07) is 13.3. The van der Waals surface area contributed by atoms with Crippen LogP contribution in [0.3, 0.4) is 0 Å². The number of aromatic nitrogens is 1. The molecule has 5 heteroatoms. The maximum Gasteiger partial charge on any atom is 0.142 e. The molecular formula is C16H13ClN2OS. The molecule has 0 amide bonds. The van der Waals surface area contributed by atoms with Crippen molar-refractivity contribution in [1.82, 2.24) is 4.98 Å². The van der Waals surface area contributed by atoms with Crippen LogP contribution in [-0.4, -0.2) is 4.98 Å². The lowest BCUT2D eigenvalue weighted by Gasteiger charge is -2.11. The summed E-state index contributed by atoms with van der Waals surface area (Å²) in [5.74, 6) is 0.647. The number of halogens is 1. The number of nitrogen functional groups attached to an aromatic ring is 1. The zero-order valence-corrected chi connectivity index (χ0v) is 12.7. The van der Waals surface area contributed by atoms with E-state index in [4.69, 9.17) is 22.1 Å². The van der Waals surface area contributed by atoms with Crippen LogP contribution in [-0.2, 0) is 6.61 Å². The fraction of sp³-hybridized carbons (Fsp3) is 0.0625. The Balaban J connectivity index is 1.76. The van der Waals surface area contributed by atoms with Gasteiger partial charge in [-0.15, -0.1) is 11.3 Å². The number of anilines is 1. The summed E-state index contributed by atoms with van der Waals surface area (Å²) < 4.78 is 5.75. The largest absolute Gasteiger partial charge is 0.487 e. The van der Waals surface area contributed by atoms with E-state index in [2.05, 4.69) is 4.98 Å². The molecule has 0 unspecified atom stereocenters. The van der Waals surface area contributed by atoms with Crippen LogP contribution in [0.15, 0.2) is 53.4 Å². The summed E-state index contributed by atoms with van der Waals surface area (Å²) in [6.45, 7) is 0.389. The second kappa shape index (κ2) is 6.16. The van der Waals surface area contributed by atoms with Crippen molar-refractivity contribution in [2.45, 2.75) is 6.61 Å². The number of thiazole rings is 1. The Labute approximate surface area is 132 Å². The highest BCUT2D eigenvalue weighted by molar-refractivity contribution is 7.07. The first-order chi connectivity index (χ1) is 10.2. The van der Waals surface area contributed by atoms with E-state index in [1.807, 2.05) is 47.8 Å². The van der Waals surface area contributed by atoms with Gasteiger partial charge in [0.25, 0.3) is 0 Å². The van der Waals surface area contributed by atoms with E-state index in [1.54, 1.807) is 16.8 Å². The summed E-state index contributed by atoms with van der Waals surface area (Å²) >= 11 is 7.66. The third-order valence-corrected chi connectivity index (χ3v) is 4.03. The van der Waals surface area contributed by atoms with E-state index in [-0.39, 0.29) is 0 Å². The molecule has 3 rings (SSSR count). The van der Waals surface area contributed by atoms with Crippen LogP contribution < -0.4 is 10.5 Å². The van der Waals surface area contributed by atoms with Crippen molar-refractivity contribution in [3.63, 3.8) is 0 Å². The van der Waals surface area contributed by atoms with Gasteiger partial charge in [0.15, 0.2) is 0 Å². The minimum Gasteiger partial charge on any atom is -0.487 e. The molecule has 21 heavy (non-hydrogen) atoms. The lowest BCUT2D eigenvalue weighted by Crippen LogP contribution is -1.99. The fourth-order valence-corrected chi connectivity index (χ4v) is 2.72. The molecule has 0 fully saturated rings. The van der Waals surface area contributed by atoms with E-state index >= 15 is 0 Å². The molecule has 1 aromatic heterocycles. The molecule has 2 aromatic carbocycles. The van der Waals surface area contributed by atoms with Gasteiger partial charge < -0.3 is 10.5 Å². The Hall–Kier alpha value is -2.04. The van der Waals surface area contributed by atoms with Gasteiger partial charge in [-0.3, -0.25) is 0 Å². The van der Waals surface area contributed by atoms with Crippen molar-refractivity contribution in [3.8, 4) is 17.0 Å². The number of hydrogen-bond donors (Lipinski definition) is 1. The van der Waals surface area contributed by atoms with Crippen LogP contribution in [0.2, 0.25) is 5.02 Å². The van der Waals surface area contributed by atoms with Crippen molar-refractivity contribution in [3.05, 3.63) is 63.9 Å². The van der Waals surface area contributed by atoms with Gasteiger partial charge in [-0.25, -0.2) is 4.98 Å². The van der Waals surface area contributed by atoms with Crippen LogP contribution in [0.4, 0.5) is 5.69 Å². The molecular weight excluding hydrogens is 304 g/mol. The number of nitrogens with zero attached hydrogens (tertiary/aromatic N) is 1. The topological polar surface area (TPSA) is 48.1 Å². The van der Waals surface area contributed by atoms with E-state index < -0.39 is 0 Å². The molecule has 3 nitrogen and oxygen atoms in total. The zero-order chi connectivity index (χ0) is 14.7. The Morgan fingerprint density at radius 3 is 2.76 bits per heavy atom. The minimum absolute atomic E-state index is 0.389. The van der Waals surface area contributed by atoms with Crippen LogP contribution in [0.1, 0.15) is 5.56 Å². The first-order valence-electron chi connectivity index (χ1n) is 6.38. The smallest absolute Gasteiger partial charge is 0.142 e. The molecule has 0 aliphatic carbocycles. The highest BCUT2D eigenvalue weighted by Crippen LogP contribution is 2.29. The van der Waals surface area contributed by atoms with Gasteiger partial charge in [0.05, 0.1) is 16.9 Å². The van der Waals surface area contributed by atoms with Crippen LogP contribution in [0.25, 0.3) is 11.3 Å². The summed E-state index contributed by atoms with van der Waals surface area (Å²) in [5, 5.41) is 2.68. The third-order valence-electron chi connectivity index (χ3n) is 3.08. The Morgan fingerprint density at radius 1 is 1.19 bits per heavy atom. The second-order valence-corrected chi connectivity index (χ2v) is 5.63. The summed E-state index contributed by atoms with van der Waals surface area (Å²) in [4.78, 5) is 4.27. The molecule has 0 aliphatic heterocycles. The molecule has 2 N–H and O–H groups in total. The van der Waals surface area contributed by atoms with Crippen molar-refractivity contribution >= 4 is 28.6 Å². The lowest BCUT2D eigenvalue weighted by atomic mass is 10.1. The SMILES string of the molecule is Nc1cc(-c2cscn2)ccc1OCc1ccccc1Cl.